The number of nitrogens with zero attached hydrogens (tertiary/aromatic N) is 1. The quantitative estimate of drug-likeness (QED) is 0.796. The Kier molecular flexibility index (Phi) is 6.78. The highest BCUT2D eigenvalue weighted by Gasteiger charge is 2.27. The zero-order valence-corrected chi connectivity index (χ0v) is 14.2. The fraction of sp³-hybridized carbons (Fsp3) is 0.625. The smallest absolute Gasteiger partial charge is 0.138 e. The van der Waals surface area contributed by atoms with E-state index in [1.54, 1.807) is 25.1 Å². The molecule has 1 saturated heterocycles. The molecular formula is C16H23Cl2NO3. The van der Waals surface area contributed by atoms with E-state index < -0.39 is 6.10 Å². The van der Waals surface area contributed by atoms with Crippen molar-refractivity contribution < 1.29 is 14.9 Å². The van der Waals surface area contributed by atoms with E-state index in [2.05, 4.69) is 4.90 Å². The Balaban J connectivity index is 1.81. The lowest BCUT2D eigenvalue weighted by Crippen LogP contribution is -2.39. The number of ether oxygens (including phenoxy) is 1. The van der Waals surface area contributed by atoms with Crippen molar-refractivity contribution >= 4 is 23.2 Å². The minimum Gasteiger partial charge on any atom is -0.489 e. The van der Waals surface area contributed by atoms with E-state index in [0.717, 1.165) is 25.8 Å². The fourth-order valence-corrected chi connectivity index (χ4v) is 3.36. The number of rotatable bonds is 7. The maximum atomic E-state index is 10.2. The van der Waals surface area contributed by atoms with Crippen molar-refractivity contribution in [2.45, 2.75) is 44.4 Å². The van der Waals surface area contributed by atoms with Crippen molar-refractivity contribution in [1.29, 1.82) is 0 Å². The molecule has 1 aromatic rings. The SMILES string of the molecule is CC(O)CC1CCCN1CC(O)COc1ccc(Cl)cc1Cl. The van der Waals surface area contributed by atoms with E-state index in [0.29, 0.717) is 28.4 Å². The fourth-order valence-electron chi connectivity index (χ4n) is 2.90. The number of likely N-dealkylation sites (tertiary alicyclic amines) is 1. The highest BCUT2D eigenvalue weighted by atomic mass is 35.5. The van der Waals surface area contributed by atoms with Crippen molar-refractivity contribution in [2.24, 2.45) is 0 Å². The number of hydrogen-bond acceptors (Lipinski definition) is 4. The molecule has 6 heteroatoms. The lowest BCUT2D eigenvalue weighted by Gasteiger charge is -2.27. The number of aliphatic hydroxyl groups is 2. The third-order valence-electron chi connectivity index (χ3n) is 3.88. The standard InChI is InChI=1S/C16H23Cl2NO3/c1-11(20)7-13-3-2-6-19(13)9-14(21)10-22-16-5-4-12(17)8-15(16)18/h4-5,8,11,13-14,20-21H,2-3,6-7,9-10H2,1H3. The molecule has 0 bridgehead atoms. The van der Waals surface area contributed by atoms with Crippen LogP contribution >= 0.6 is 23.2 Å². The van der Waals surface area contributed by atoms with E-state index in [4.69, 9.17) is 27.9 Å². The third-order valence-corrected chi connectivity index (χ3v) is 4.41. The number of benzene rings is 1. The van der Waals surface area contributed by atoms with Crippen LogP contribution in [0.3, 0.4) is 0 Å². The molecule has 1 fully saturated rings. The van der Waals surface area contributed by atoms with Crippen LogP contribution in [-0.4, -0.2) is 53.1 Å². The van der Waals surface area contributed by atoms with E-state index in [1.165, 1.54) is 0 Å². The van der Waals surface area contributed by atoms with E-state index in [-0.39, 0.29) is 12.7 Å². The summed E-state index contributed by atoms with van der Waals surface area (Å²) in [6.45, 7) is 3.48. The normalized spacial score (nSPS) is 21.8. The molecule has 1 aliphatic heterocycles. The molecule has 0 aliphatic carbocycles. The van der Waals surface area contributed by atoms with Gasteiger partial charge in [-0.1, -0.05) is 23.2 Å². The van der Waals surface area contributed by atoms with Crippen LogP contribution in [0.2, 0.25) is 10.0 Å². The molecule has 0 aromatic heterocycles. The van der Waals surface area contributed by atoms with Crippen molar-refractivity contribution in [3.63, 3.8) is 0 Å². The number of aliphatic hydroxyl groups excluding tert-OH is 2. The van der Waals surface area contributed by atoms with Gasteiger partial charge in [0.25, 0.3) is 0 Å². The molecular weight excluding hydrogens is 325 g/mol. The van der Waals surface area contributed by atoms with Gasteiger partial charge in [-0.15, -0.1) is 0 Å². The van der Waals surface area contributed by atoms with Crippen LogP contribution in [0, 0.1) is 0 Å². The topological polar surface area (TPSA) is 52.9 Å². The average molecular weight is 348 g/mol. The van der Waals surface area contributed by atoms with Gasteiger partial charge in [0.15, 0.2) is 0 Å². The second kappa shape index (κ2) is 8.37. The highest BCUT2D eigenvalue weighted by Crippen LogP contribution is 2.28. The molecule has 0 amide bonds. The van der Waals surface area contributed by atoms with Crippen molar-refractivity contribution in [2.75, 3.05) is 19.7 Å². The first-order valence-corrected chi connectivity index (χ1v) is 8.39. The molecule has 4 nitrogen and oxygen atoms in total. The van der Waals surface area contributed by atoms with Gasteiger partial charge in [0.05, 0.1) is 11.1 Å². The minimum atomic E-state index is -0.596. The molecule has 3 unspecified atom stereocenters. The first kappa shape index (κ1) is 17.8. The lowest BCUT2D eigenvalue weighted by molar-refractivity contribution is 0.0537. The summed E-state index contributed by atoms with van der Waals surface area (Å²) in [7, 11) is 0. The maximum Gasteiger partial charge on any atom is 0.138 e. The molecule has 0 saturated carbocycles. The molecule has 124 valence electrons. The van der Waals surface area contributed by atoms with Crippen LogP contribution in [0.5, 0.6) is 5.75 Å². The van der Waals surface area contributed by atoms with Crippen LogP contribution in [0.15, 0.2) is 18.2 Å². The van der Waals surface area contributed by atoms with Crippen molar-refractivity contribution in [1.82, 2.24) is 4.90 Å². The van der Waals surface area contributed by atoms with Gasteiger partial charge in [-0.25, -0.2) is 0 Å². The highest BCUT2D eigenvalue weighted by molar-refractivity contribution is 6.35. The Morgan fingerprint density at radius 3 is 2.82 bits per heavy atom. The van der Waals surface area contributed by atoms with Gasteiger partial charge in [0.1, 0.15) is 18.5 Å². The zero-order valence-electron chi connectivity index (χ0n) is 12.7. The Morgan fingerprint density at radius 2 is 2.14 bits per heavy atom. The molecule has 2 rings (SSSR count). The third kappa shape index (κ3) is 5.28. The Morgan fingerprint density at radius 1 is 1.36 bits per heavy atom. The van der Waals surface area contributed by atoms with Crippen LogP contribution < -0.4 is 4.74 Å². The molecule has 0 radical (unpaired) electrons. The van der Waals surface area contributed by atoms with E-state index >= 15 is 0 Å². The van der Waals surface area contributed by atoms with Gasteiger partial charge < -0.3 is 14.9 Å². The molecule has 1 heterocycles. The van der Waals surface area contributed by atoms with Crippen LogP contribution in [0.4, 0.5) is 0 Å². The predicted molar refractivity (Wildman–Crippen MR) is 88.9 cm³/mol. The minimum absolute atomic E-state index is 0.180. The summed E-state index contributed by atoms with van der Waals surface area (Å²) in [6, 6.07) is 5.36. The number of hydrogen-bond donors (Lipinski definition) is 2. The van der Waals surface area contributed by atoms with Gasteiger partial charge in [-0.2, -0.15) is 0 Å². The largest absolute Gasteiger partial charge is 0.489 e. The summed E-state index contributed by atoms with van der Waals surface area (Å²) in [5, 5.41) is 20.7. The van der Waals surface area contributed by atoms with Crippen LogP contribution in [-0.2, 0) is 0 Å². The first-order chi connectivity index (χ1) is 10.5. The van der Waals surface area contributed by atoms with E-state index in [1.807, 2.05) is 0 Å². The number of β-amino-alcohol motifs (C(OH)–C–C–N with tert-alkyl or cyclic N) is 1. The predicted octanol–water partition coefficient (Wildman–Crippen LogP) is 2.97. The molecule has 3 atom stereocenters. The summed E-state index contributed by atoms with van der Waals surface area (Å²) in [6.07, 6.45) is 2.01. The summed E-state index contributed by atoms with van der Waals surface area (Å²) >= 11 is 11.9. The zero-order chi connectivity index (χ0) is 16.1. The molecule has 1 aliphatic rings. The molecule has 2 N–H and O–H groups in total. The van der Waals surface area contributed by atoms with Gasteiger partial charge in [-0.05, 0) is 50.9 Å². The van der Waals surface area contributed by atoms with E-state index in [9.17, 15) is 10.2 Å². The van der Waals surface area contributed by atoms with Crippen molar-refractivity contribution in [3.05, 3.63) is 28.2 Å². The maximum absolute atomic E-state index is 10.2. The van der Waals surface area contributed by atoms with Crippen LogP contribution in [0.25, 0.3) is 0 Å². The summed E-state index contributed by atoms with van der Waals surface area (Å²) < 4.78 is 5.56. The van der Waals surface area contributed by atoms with Gasteiger partial charge in [-0.3, -0.25) is 4.90 Å². The lowest BCUT2D eigenvalue weighted by atomic mass is 10.1. The second-order valence-electron chi connectivity index (χ2n) is 5.92. The summed E-state index contributed by atoms with van der Waals surface area (Å²) in [5.74, 6) is 0.520. The molecule has 0 spiro atoms. The van der Waals surface area contributed by atoms with Gasteiger partial charge in [0.2, 0.25) is 0 Å². The average Bonchev–Trinajstić information content (AvgIpc) is 2.84. The van der Waals surface area contributed by atoms with Gasteiger partial charge >= 0.3 is 0 Å². The Bertz CT molecular complexity index is 484. The first-order valence-electron chi connectivity index (χ1n) is 7.63. The molecule has 1 aromatic carbocycles. The summed E-state index contributed by atoms with van der Waals surface area (Å²) in [4.78, 5) is 2.23. The Labute approximate surface area is 141 Å². The second-order valence-corrected chi connectivity index (χ2v) is 6.76. The Hall–Kier alpha value is -0.520. The number of halogens is 2. The van der Waals surface area contributed by atoms with Gasteiger partial charge in [0, 0.05) is 17.6 Å². The monoisotopic (exact) mass is 347 g/mol. The summed E-state index contributed by atoms with van der Waals surface area (Å²) in [5.41, 5.74) is 0. The molecule has 22 heavy (non-hydrogen) atoms. The van der Waals surface area contributed by atoms with Crippen LogP contribution in [0.1, 0.15) is 26.2 Å². The van der Waals surface area contributed by atoms with Crippen molar-refractivity contribution in [3.8, 4) is 5.75 Å².